The van der Waals surface area contributed by atoms with E-state index < -0.39 is 6.10 Å². The maximum atomic E-state index is 12.8. The van der Waals surface area contributed by atoms with E-state index >= 15 is 0 Å². The van der Waals surface area contributed by atoms with Crippen molar-refractivity contribution >= 4 is 5.91 Å². The zero-order chi connectivity index (χ0) is 16.5. The number of carbonyl (C=O) groups is 1. The number of likely N-dealkylation sites (tertiary alicyclic amines) is 1. The minimum absolute atomic E-state index is 0.00178. The van der Waals surface area contributed by atoms with Crippen molar-refractivity contribution in [1.29, 1.82) is 0 Å². The van der Waals surface area contributed by atoms with E-state index in [4.69, 9.17) is 9.47 Å². The lowest BCUT2D eigenvalue weighted by atomic mass is 10.1. The summed E-state index contributed by atoms with van der Waals surface area (Å²) in [4.78, 5) is 14.7. The molecule has 126 valence electrons. The molecule has 0 aliphatic carbocycles. The monoisotopic (exact) mass is 327 g/mol. The Kier molecular flexibility index (Phi) is 3.88. The molecule has 2 aliphatic rings. The molecule has 0 N–H and O–H groups in total. The summed E-state index contributed by atoms with van der Waals surface area (Å²) in [5, 5.41) is 4.40. The number of hydrogen-bond donors (Lipinski definition) is 0. The predicted octanol–water partition coefficient (Wildman–Crippen LogP) is 2.20. The Bertz CT molecular complexity index is 743. The van der Waals surface area contributed by atoms with Crippen LogP contribution in [-0.2, 0) is 4.79 Å². The number of rotatable bonds is 2. The normalized spacial score (nSPS) is 23.1. The molecule has 1 fully saturated rings. The molecule has 1 aromatic carbocycles. The topological polar surface area (TPSA) is 56.6 Å². The van der Waals surface area contributed by atoms with E-state index in [9.17, 15) is 4.79 Å². The summed E-state index contributed by atoms with van der Waals surface area (Å²) in [6, 6.07) is 7.69. The van der Waals surface area contributed by atoms with Crippen molar-refractivity contribution in [2.24, 2.45) is 0 Å². The molecular formula is C18H21N3O3. The highest BCUT2D eigenvalue weighted by atomic mass is 16.6. The standard InChI is InChI=1S/C18H21N3O3/c1-13-9-19-21(10-13)14-5-4-8-20(11-14)18(22)17-12-23-15-6-2-3-7-16(15)24-17/h2-3,6-7,9-10,14,17H,4-5,8,11-12H2,1H3. The Balaban J connectivity index is 1.45. The summed E-state index contributed by atoms with van der Waals surface area (Å²) < 4.78 is 13.5. The van der Waals surface area contributed by atoms with Crippen LogP contribution in [0.15, 0.2) is 36.7 Å². The summed E-state index contributed by atoms with van der Waals surface area (Å²) in [6.45, 7) is 3.72. The van der Waals surface area contributed by atoms with Crippen LogP contribution in [0.4, 0.5) is 0 Å². The zero-order valence-electron chi connectivity index (χ0n) is 13.7. The Morgan fingerprint density at radius 2 is 2.12 bits per heavy atom. The lowest BCUT2D eigenvalue weighted by Crippen LogP contribution is -2.50. The molecular weight excluding hydrogens is 306 g/mol. The zero-order valence-corrected chi connectivity index (χ0v) is 13.7. The van der Waals surface area contributed by atoms with Crippen LogP contribution in [0.25, 0.3) is 0 Å². The number of hydrogen-bond acceptors (Lipinski definition) is 4. The van der Waals surface area contributed by atoms with Gasteiger partial charge in [0.15, 0.2) is 11.5 Å². The van der Waals surface area contributed by atoms with Crippen LogP contribution < -0.4 is 9.47 Å². The van der Waals surface area contributed by atoms with Crippen LogP contribution in [0.5, 0.6) is 11.5 Å². The summed E-state index contributed by atoms with van der Waals surface area (Å²) in [5.41, 5.74) is 1.14. The van der Waals surface area contributed by atoms with Gasteiger partial charge < -0.3 is 14.4 Å². The first-order valence-corrected chi connectivity index (χ1v) is 8.39. The summed E-state index contributed by atoms with van der Waals surface area (Å²) in [7, 11) is 0. The number of piperidine rings is 1. The Labute approximate surface area is 141 Å². The van der Waals surface area contributed by atoms with E-state index in [1.165, 1.54) is 0 Å². The molecule has 3 heterocycles. The first-order valence-electron chi connectivity index (χ1n) is 8.39. The van der Waals surface area contributed by atoms with Crippen molar-refractivity contribution in [3.05, 3.63) is 42.2 Å². The van der Waals surface area contributed by atoms with Crippen LogP contribution in [0, 0.1) is 6.92 Å². The molecule has 0 radical (unpaired) electrons. The summed E-state index contributed by atoms with van der Waals surface area (Å²) >= 11 is 0. The van der Waals surface area contributed by atoms with Gasteiger partial charge in [-0.3, -0.25) is 9.48 Å². The fourth-order valence-electron chi connectivity index (χ4n) is 3.35. The van der Waals surface area contributed by atoms with Crippen LogP contribution in [0.1, 0.15) is 24.4 Å². The van der Waals surface area contributed by atoms with E-state index in [2.05, 4.69) is 5.10 Å². The van der Waals surface area contributed by atoms with Gasteiger partial charge in [-0.1, -0.05) is 12.1 Å². The van der Waals surface area contributed by atoms with Gasteiger partial charge in [-0.15, -0.1) is 0 Å². The van der Waals surface area contributed by atoms with Gasteiger partial charge in [0.05, 0.1) is 12.2 Å². The molecule has 1 aromatic heterocycles. The molecule has 6 heteroatoms. The predicted molar refractivity (Wildman–Crippen MR) is 88.2 cm³/mol. The number of aryl methyl sites for hydroxylation is 1. The van der Waals surface area contributed by atoms with Crippen LogP contribution in [0.3, 0.4) is 0 Å². The number of para-hydroxylation sites is 2. The van der Waals surface area contributed by atoms with E-state index in [-0.39, 0.29) is 18.6 Å². The SMILES string of the molecule is Cc1cnn(C2CCCN(C(=O)C3COc4ccccc4O3)C2)c1. The molecule has 4 rings (SSSR count). The van der Waals surface area contributed by atoms with Gasteiger partial charge in [0, 0.05) is 19.3 Å². The lowest BCUT2D eigenvalue weighted by Gasteiger charge is -2.36. The third-order valence-corrected chi connectivity index (χ3v) is 4.60. The largest absolute Gasteiger partial charge is 0.485 e. The second-order valence-corrected chi connectivity index (χ2v) is 6.44. The van der Waals surface area contributed by atoms with E-state index in [1.807, 2.05) is 53.2 Å². The highest BCUT2D eigenvalue weighted by Gasteiger charge is 2.34. The molecule has 0 bridgehead atoms. The molecule has 6 nitrogen and oxygen atoms in total. The van der Waals surface area contributed by atoms with Crippen LogP contribution >= 0.6 is 0 Å². The van der Waals surface area contributed by atoms with Gasteiger partial charge >= 0.3 is 0 Å². The van der Waals surface area contributed by atoms with Crippen molar-refractivity contribution in [2.75, 3.05) is 19.7 Å². The second-order valence-electron chi connectivity index (χ2n) is 6.44. The van der Waals surface area contributed by atoms with Crippen LogP contribution in [0.2, 0.25) is 0 Å². The fraction of sp³-hybridized carbons (Fsp3) is 0.444. The number of fused-ring (bicyclic) bond motifs is 1. The summed E-state index contributed by atoms with van der Waals surface area (Å²) in [6.07, 6.45) is 5.33. The molecule has 24 heavy (non-hydrogen) atoms. The number of nitrogens with zero attached hydrogens (tertiary/aromatic N) is 3. The third kappa shape index (κ3) is 2.84. The minimum Gasteiger partial charge on any atom is -0.485 e. The maximum Gasteiger partial charge on any atom is 0.267 e. The average Bonchev–Trinajstić information content (AvgIpc) is 3.07. The smallest absolute Gasteiger partial charge is 0.267 e. The Morgan fingerprint density at radius 3 is 2.92 bits per heavy atom. The number of aromatic nitrogens is 2. The van der Waals surface area contributed by atoms with Crippen molar-refractivity contribution in [1.82, 2.24) is 14.7 Å². The second kappa shape index (κ2) is 6.19. The molecule has 0 saturated carbocycles. The van der Waals surface area contributed by atoms with E-state index in [0.29, 0.717) is 18.0 Å². The van der Waals surface area contributed by atoms with Gasteiger partial charge in [-0.2, -0.15) is 5.10 Å². The first-order chi connectivity index (χ1) is 11.7. The number of amides is 1. The number of carbonyl (C=O) groups excluding carboxylic acids is 1. The van der Waals surface area contributed by atoms with Crippen LogP contribution in [-0.4, -0.2) is 46.4 Å². The van der Waals surface area contributed by atoms with Gasteiger partial charge in [-0.05, 0) is 37.5 Å². The van der Waals surface area contributed by atoms with Crippen molar-refractivity contribution in [3.8, 4) is 11.5 Å². The van der Waals surface area contributed by atoms with Gasteiger partial charge in [0.25, 0.3) is 5.91 Å². The maximum absolute atomic E-state index is 12.8. The summed E-state index contributed by atoms with van der Waals surface area (Å²) in [5.74, 6) is 1.33. The lowest BCUT2D eigenvalue weighted by molar-refractivity contribution is -0.143. The average molecular weight is 327 g/mol. The third-order valence-electron chi connectivity index (χ3n) is 4.60. The molecule has 2 aliphatic heterocycles. The van der Waals surface area contributed by atoms with Gasteiger partial charge in [0.2, 0.25) is 6.10 Å². The fourth-order valence-corrected chi connectivity index (χ4v) is 3.35. The van der Waals surface area contributed by atoms with E-state index in [0.717, 1.165) is 24.9 Å². The molecule has 0 spiro atoms. The molecule has 1 amide bonds. The van der Waals surface area contributed by atoms with Gasteiger partial charge in [-0.25, -0.2) is 0 Å². The Hall–Kier alpha value is -2.50. The first kappa shape index (κ1) is 15.1. The van der Waals surface area contributed by atoms with Crippen molar-refractivity contribution in [2.45, 2.75) is 31.9 Å². The minimum atomic E-state index is -0.571. The van der Waals surface area contributed by atoms with Gasteiger partial charge in [0.1, 0.15) is 6.61 Å². The molecule has 1 saturated heterocycles. The van der Waals surface area contributed by atoms with E-state index in [1.54, 1.807) is 0 Å². The number of ether oxygens (including phenoxy) is 2. The van der Waals surface area contributed by atoms with Crippen molar-refractivity contribution in [3.63, 3.8) is 0 Å². The van der Waals surface area contributed by atoms with Crippen molar-refractivity contribution < 1.29 is 14.3 Å². The quantitative estimate of drug-likeness (QED) is 0.848. The molecule has 2 aromatic rings. The Morgan fingerprint density at radius 1 is 1.29 bits per heavy atom. The molecule has 2 atom stereocenters. The highest BCUT2D eigenvalue weighted by molar-refractivity contribution is 5.82. The number of benzene rings is 1. The highest BCUT2D eigenvalue weighted by Crippen LogP contribution is 2.32. The molecule has 2 unspecified atom stereocenters.